The number of rotatable bonds is 12. The first-order valence-electron chi connectivity index (χ1n) is 11.3. The molecule has 4 aromatic rings. The van der Waals surface area contributed by atoms with Crippen LogP contribution >= 0.6 is 22.7 Å². The number of sulfonamides is 1. The van der Waals surface area contributed by atoms with Crippen molar-refractivity contribution < 1.29 is 22.8 Å². The van der Waals surface area contributed by atoms with Gasteiger partial charge >= 0.3 is 0 Å². The lowest BCUT2D eigenvalue weighted by Crippen LogP contribution is -2.50. The molecular formula is C25H27N3O5S3. The SMILES string of the molecule is Cc1oncc1S(=O)(=O)N(Cc1cccs1)CC(O)C(Cc1ccccc1)NC(=O)Cc1ccsc1. The summed E-state index contributed by atoms with van der Waals surface area (Å²) in [6.45, 7) is 1.38. The zero-order chi connectivity index (χ0) is 25.5. The molecule has 0 saturated carbocycles. The van der Waals surface area contributed by atoms with Gasteiger partial charge in [-0.2, -0.15) is 15.6 Å². The standard InChI is InChI=1S/C25H27N3O5S3/c1-18-24(14-26-33-18)36(31,32)28(15-21-8-5-10-35-21)16-23(29)22(12-19-6-3-2-4-7-19)27-25(30)13-20-9-11-34-17-20/h2-11,14,17,22-23,29H,12-13,15-16H2,1H3,(H,27,30). The molecule has 11 heteroatoms. The highest BCUT2D eigenvalue weighted by atomic mass is 32.2. The molecule has 0 aliphatic heterocycles. The molecule has 190 valence electrons. The van der Waals surface area contributed by atoms with Crippen LogP contribution in [0.25, 0.3) is 0 Å². The van der Waals surface area contributed by atoms with Gasteiger partial charge in [-0.3, -0.25) is 4.79 Å². The maximum atomic E-state index is 13.5. The number of amides is 1. The average molecular weight is 546 g/mol. The summed E-state index contributed by atoms with van der Waals surface area (Å²) >= 11 is 2.93. The summed E-state index contributed by atoms with van der Waals surface area (Å²) in [5.41, 5.74) is 1.80. The number of hydrogen-bond donors (Lipinski definition) is 2. The van der Waals surface area contributed by atoms with Gasteiger partial charge in [0.25, 0.3) is 0 Å². The number of aromatic nitrogens is 1. The summed E-state index contributed by atoms with van der Waals surface area (Å²) in [7, 11) is -4.02. The predicted octanol–water partition coefficient (Wildman–Crippen LogP) is 3.63. The van der Waals surface area contributed by atoms with E-state index in [4.69, 9.17) is 4.52 Å². The number of carbonyl (C=O) groups is 1. The lowest BCUT2D eigenvalue weighted by Gasteiger charge is -2.29. The molecule has 36 heavy (non-hydrogen) atoms. The Hall–Kier alpha value is -2.83. The van der Waals surface area contributed by atoms with Crippen LogP contribution in [0, 0.1) is 6.92 Å². The molecule has 8 nitrogen and oxygen atoms in total. The maximum absolute atomic E-state index is 13.5. The van der Waals surface area contributed by atoms with E-state index in [1.807, 2.05) is 64.7 Å². The number of nitrogens with zero attached hydrogens (tertiary/aromatic N) is 2. The second-order valence-electron chi connectivity index (χ2n) is 8.36. The fourth-order valence-corrected chi connectivity index (χ4v) is 6.81. The molecule has 3 aromatic heterocycles. The monoisotopic (exact) mass is 545 g/mol. The van der Waals surface area contributed by atoms with Crippen molar-refractivity contribution in [3.8, 4) is 0 Å². The van der Waals surface area contributed by atoms with E-state index >= 15 is 0 Å². The molecule has 0 fully saturated rings. The van der Waals surface area contributed by atoms with Crippen LogP contribution < -0.4 is 5.32 Å². The van der Waals surface area contributed by atoms with Gasteiger partial charge in [0.05, 0.1) is 24.8 Å². The van der Waals surface area contributed by atoms with Crippen LogP contribution in [0.5, 0.6) is 0 Å². The van der Waals surface area contributed by atoms with E-state index < -0.39 is 22.2 Å². The first-order chi connectivity index (χ1) is 17.3. The zero-order valence-corrected chi connectivity index (χ0v) is 22.1. The highest BCUT2D eigenvalue weighted by Crippen LogP contribution is 2.24. The van der Waals surface area contributed by atoms with Crippen LogP contribution in [-0.2, 0) is 34.2 Å². The highest BCUT2D eigenvalue weighted by Gasteiger charge is 2.33. The summed E-state index contributed by atoms with van der Waals surface area (Å²) in [5, 5.41) is 23.5. The van der Waals surface area contributed by atoms with E-state index in [-0.39, 0.29) is 36.1 Å². The molecule has 1 aromatic carbocycles. The predicted molar refractivity (Wildman–Crippen MR) is 139 cm³/mol. The van der Waals surface area contributed by atoms with Crippen LogP contribution in [0.1, 0.15) is 21.8 Å². The normalized spacial score (nSPS) is 13.5. The van der Waals surface area contributed by atoms with E-state index in [1.165, 1.54) is 40.1 Å². The van der Waals surface area contributed by atoms with Crippen LogP contribution in [0.15, 0.2) is 80.3 Å². The third-order valence-electron chi connectivity index (χ3n) is 5.68. The minimum Gasteiger partial charge on any atom is -0.390 e. The van der Waals surface area contributed by atoms with E-state index in [1.54, 1.807) is 0 Å². The number of aliphatic hydroxyl groups excluding tert-OH is 1. The molecule has 0 aliphatic carbocycles. The Labute approximate surface area is 218 Å². The van der Waals surface area contributed by atoms with Gasteiger partial charge in [-0.25, -0.2) is 8.42 Å². The van der Waals surface area contributed by atoms with E-state index in [0.29, 0.717) is 6.42 Å². The van der Waals surface area contributed by atoms with Gasteiger partial charge in [0, 0.05) is 18.0 Å². The average Bonchev–Trinajstić information content (AvgIpc) is 3.63. The second kappa shape index (κ2) is 11.9. The Balaban J connectivity index is 1.58. The molecule has 3 heterocycles. The molecule has 0 saturated heterocycles. The Bertz CT molecular complexity index is 1340. The summed E-state index contributed by atoms with van der Waals surface area (Å²) in [5.74, 6) is -0.0681. The quantitative estimate of drug-likeness (QED) is 0.281. The molecule has 1 amide bonds. The minimum atomic E-state index is -4.02. The number of benzene rings is 1. The van der Waals surface area contributed by atoms with Crippen LogP contribution in [0.2, 0.25) is 0 Å². The summed E-state index contributed by atoms with van der Waals surface area (Å²) in [6.07, 6.45) is 0.518. The third kappa shape index (κ3) is 6.68. The Morgan fingerprint density at radius 3 is 2.58 bits per heavy atom. The van der Waals surface area contributed by atoms with Gasteiger partial charge < -0.3 is 14.9 Å². The van der Waals surface area contributed by atoms with Crippen molar-refractivity contribution in [3.05, 3.63) is 92.6 Å². The summed E-state index contributed by atoms with van der Waals surface area (Å²) < 4.78 is 33.3. The summed E-state index contributed by atoms with van der Waals surface area (Å²) in [6, 6.07) is 14.3. The van der Waals surface area contributed by atoms with Crippen molar-refractivity contribution in [2.24, 2.45) is 0 Å². The minimum absolute atomic E-state index is 0.0487. The smallest absolute Gasteiger partial charge is 0.248 e. The number of nitrogens with one attached hydrogen (secondary N) is 1. The van der Waals surface area contributed by atoms with Gasteiger partial charge in [-0.1, -0.05) is 41.6 Å². The largest absolute Gasteiger partial charge is 0.390 e. The number of aryl methyl sites for hydroxylation is 1. The lowest BCUT2D eigenvalue weighted by molar-refractivity contribution is -0.122. The number of carbonyl (C=O) groups excluding carboxylic acids is 1. The Morgan fingerprint density at radius 1 is 1.14 bits per heavy atom. The van der Waals surface area contributed by atoms with Gasteiger partial charge in [-0.05, 0) is 52.7 Å². The third-order valence-corrected chi connectivity index (χ3v) is 9.18. The van der Waals surface area contributed by atoms with Crippen molar-refractivity contribution in [2.75, 3.05) is 6.54 Å². The molecule has 4 rings (SSSR count). The first kappa shape index (κ1) is 26.2. The highest BCUT2D eigenvalue weighted by molar-refractivity contribution is 7.89. The van der Waals surface area contributed by atoms with Gasteiger partial charge in [-0.15, -0.1) is 11.3 Å². The van der Waals surface area contributed by atoms with Gasteiger partial charge in [0.2, 0.25) is 15.9 Å². The molecule has 2 N–H and O–H groups in total. The number of thiophene rings is 2. The van der Waals surface area contributed by atoms with Crippen LogP contribution in [0.4, 0.5) is 0 Å². The molecule has 0 radical (unpaired) electrons. The van der Waals surface area contributed by atoms with Crippen molar-refractivity contribution in [1.82, 2.24) is 14.8 Å². The molecule has 0 bridgehead atoms. The molecule has 0 spiro atoms. The number of aliphatic hydroxyl groups is 1. The molecule has 2 unspecified atom stereocenters. The van der Waals surface area contributed by atoms with Gasteiger partial charge in [0.15, 0.2) is 5.76 Å². The first-order valence-corrected chi connectivity index (χ1v) is 14.6. The number of hydrogen-bond acceptors (Lipinski definition) is 8. The van der Waals surface area contributed by atoms with E-state index in [0.717, 1.165) is 16.0 Å². The van der Waals surface area contributed by atoms with Crippen molar-refractivity contribution in [3.63, 3.8) is 0 Å². The van der Waals surface area contributed by atoms with Crippen molar-refractivity contribution >= 4 is 38.6 Å². The van der Waals surface area contributed by atoms with Gasteiger partial charge in [0.1, 0.15) is 4.90 Å². The fraction of sp³-hybridized carbons (Fsp3) is 0.280. The Morgan fingerprint density at radius 2 is 1.94 bits per heavy atom. The van der Waals surface area contributed by atoms with E-state index in [2.05, 4.69) is 10.5 Å². The zero-order valence-electron chi connectivity index (χ0n) is 19.6. The van der Waals surface area contributed by atoms with E-state index in [9.17, 15) is 18.3 Å². The van der Waals surface area contributed by atoms with Crippen LogP contribution in [-0.4, -0.2) is 47.6 Å². The lowest BCUT2D eigenvalue weighted by atomic mass is 10.0. The van der Waals surface area contributed by atoms with Crippen LogP contribution in [0.3, 0.4) is 0 Å². The molecular weight excluding hydrogens is 518 g/mol. The molecule has 2 atom stereocenters. The molecule has 0 aliphatic rings. The maximum Gasteiger partial charge on any atom is 0.248 e. The Kier molecular flexibility index (Phi) is 8.70. The second-order valence-corrected chi connectivity index (χ2v) is 12.1. The van der Waals surface area contributed by atoms with Crippen molar-refractivity contribution in [2.45, 2.75) is 43.4 Å². The summed E-state index contributed by atoms with van der Waals surface area (Å²) in [4.78, 5) is 13.6. The van der Waals surface area contributed by atoms with Crippen molar-refractivity contribution in [1.29, 1.82) is 0 Å². The fourth-order valence-electron chi connectivity index (χ4n) is 3.82. The topological polar surface area (TPSA) is 113 Å².